The molecular formula is C10H10N2O4S3. The second-order valence-electron chi connectivity index (χ2n) is 3.52. The summed E-state index contributed by atoms with van der Waals surface area (Å²) in [6.45, 7) is 0.222. The number of aromatic carboxylic acids is 1. The molecular weight excluding hydrogens is 308 g/mol. The number of nitrogens with zero attached hydrogens (tertiary/aromatic N) is 1. The van der Waals surface area contributed by atoms with E-state index in [1.165, 1.54) is 5.51 Å². The van der Waals surface area contributed by atoms with Crippen molar-refractivity contribution >= 4 is 38.7 Å². The molecule has 102 valence electrons. The molecule has 0 fully saturated rings. The van der Waals surface area contributed by atoms with Crippen molar-refractivity contribution in [3.05, 3.63) is 33.6 Å². The number of aromatic nitrogens is 1. The molecule has 0 radical (unpaired) electrons. The van der Waals surface area contributed by atoms with Crippen LogP contribution in [0.5, 0.6) is 0 Å². The van der Waals surface area contributed by atoms with Crippen molar-refractivity contribution in [3.8, 4) is 0 Å². The van der Waals surface area contributed by atoms with E-state index in [2.05, 4.69) is 9.71 Å². The highest BCUT2D eigenvalue weighted by Gasteiger charge is 2.25. The molecule has 0 aliphatic heterocycles. The Labute approximate surface area is 117 Å². The predicted octanol–water partition coefficient (Wildman–Crippen LogP) is 1.42. The Bertz CT molecular complexity index is 661. The summed E-state index contributed by atoms with van der Waals surface area (Å²) in [6, 6.07) is 3.80. The third-order valence-corrected chi connectivity index (χ3v) is 5.99. The van der Waals surface area contributed by atoms with E-state index in [0.29, 0.717) is 6.42 Å². The van der Waals surface area contributed by atoms with Crippen LogP contribution in [0.4, 0.5) is 0 Å². The van der Waals surface area contributed by atoms with Crippen LogP contribution in [-0.4, -0.2) is 31.0 Å². The number of sulfonamides is 1. The number of rotatable bonds is 6. The lowest BCUT2D eigenvalue weighted by atomic mass is 10.3. The van der Waals surface area contributed by atoms with Gasteiger partial charge in [-0.1, -0.05) is 6.07 Å². The number of hydrogen-bond acceptors (Lipinski definition) is 6. The van der Waals surface area contributed by atoms with Crippen LogP contribution in [0.1, 0.15) is 15.4 Å². The number of thiophene rings is 1. The summed E-state index contributed by atoms with van der Waals surface area (Å²) < 4.78 is 26.0. The summed E-state index contributed by atoms with van der Waals surface area (Å²) >= 11 is 2.33. The first-order chi connectivity index (χ1) is 9.00. The average molecular weight is 318 g/mol. The molecule has 0 saturated carbocycles. The van der Waals surface area contributed by atoms with Gasteiger partial charge in [-0.25, -0.2) is 22.9 Å². The topological polar surface area (TPSA) is 96.4 Å². The second kappa shape index (κ2) is 5.78. The highest BCUT2D eigenvalue weighted by molar-refractivity contribution is 7.91. The van der Waals surface area contributed by atoms with E-state index in [1.54, 1.807) is 11.3 Å². The van der Waals surface area contributed by atoms with Crippen LogP contribution in [0.15, 0.2) is 27.2 Å². The van der Waals surface area contributed by atoms with E-state index in [-0.39, 0.29) is 10.8 Å². The maximum Gasteiger partial charge on any atom is 0.356 e. The minimum atomic E-state index is -3.82. The molecule has 0 aliphatic rings. The van der Waals surface area contributed by atoms with Crippen molar-refractivity contribution in [2.24, 2.45) is 0 Å². The van der Waals surface area contributed by atoms with Gasteiger partial charge in [0.1, 0.15) is 0 Å². The van der Waals surface area contributed by atoms with Crippen molar-refractivity contribution in [3.63, 3.8) is 0 Å². The zero-order chi connectivity index (χ0) is 13.9. The Kier molecular flexibility index (Phi) is 4.30. The number of thiazole rings is 1. The molecule has 0 atom stereocenters. The van der Waals surface area contributed by atoms with Crippen molar-refractivity contribution in [2.45, 2.75) is 10.6 Å². The van der Waals surface area contributed by atoms with Gasteiger partial charge in [0.2, 0.25) is 0 Å². The maximum atomic E-state index is 11.9. The Morgan fingerprint density at radius 2 is 2.21 bits per heavy atom. The largest absolute Gasteiger partial charge is 0.476 e. The van der Waals surface area contributed by atoms with Crippen LogP contribution in [0, 0.1) is 0 Å². The van der Waals surface area contributed by atoms with E-state index in [1.807, 2.05) is 17.5 Å². The van der Waals surface area contributed by atoms with Gasteiger partial charge >= 0.3 is 5.97 Å². The molecule has 2 aromatic heterocycles. The summed E-state index contributed by atoms with van der Waals surface area (Å²) in [5.41, 5.74) is 0.769. The minimum Gasteiger partial charge on any atom is -0.476 e. The highest BCUT2D eigenvalue weighted by atomic mass is 32.2. The first-order valence-corrected chi connectivity index (χ1v) is 8.44. The number of carboxylic acid groups (broad SMARTS) is 1. The standard InChI is InChI=1S/C10H10N2O4S3/c13-9(14)8-10(18-6-11-8)19(15,16)12-4-3-7-2-1-5-17-7/h1-2,5-6,12H,3-4H2,(H,13,14). The summed E-state index contributed by atoms with van der Waals surface area (Å²) in [5.74, 6) is -1.35. The lowest BCUT2D eigenvalue weighted by molar-refractivity contribution is 0.0687. The van der Waals surface area contributed by atoms with Crippen LogP contribution in [0.2, 0.25) is 0 Å². The molecule has 0 aromatic carbocycles. The molecule has 2 N–H and O–H groups in total. The number of carbonyl (C=O) groups is 1. The molecule has 0 saturated heterocycles. The Morgan fingerprint density at radius 1 is 1.42 bits per heavy atom. The molecule has 2 heterocycles. The number of carboxylic acids is 1. The smallest absolute Gasteiger partial charge is 0.356 e. The zero-order valence-electron chi connectivity index (χ0n) is 9.57. The zero-order valence-corrected chi connectivity index (χ0v) is 12.0. The summed E-state index contributed by atoms with van der Waals surface area (Å²) in [7, 11) is -3.82. The number of nitrogens with one attached hydrogen (secondary N) is 1. The molecule has 2 aromatic rings. The molecule has 0 amide bonds. The van der Waals surface area contributed by atoms with Gasteiger partial charge in [-0.3, -0.25) is 0 Å². The van der Waals surface area contributed by atoms with E-state index in [0.717, 1.165) is 16.2 Å². The quantitative estimate of drug-likeness (QED) is 0.840. The molecule has 0 bridgehead atoms. The van der Waals surface area contributed by atoms with E-state index >= 15 is 0 Å². The summed E-state index contributed by atoms with van der Waals surface area (Å²) in [4.78, 5) is 15.4. The first-order valence-electron chi connectivity index (χ1n) is 5.19. The fourth-order valence-electron chi connectivity index (χ4n) is 1.40. The van der Waals surface area contributed by atoms with Gasteiger partial charge in [-0.15, -0.1) is 22.7 Å². The fraction of sp³-hybridized carbons (Fsp3) is 0.200. The molecule has 19 heavy (non-hydrogen) atoms. The van der Waals surface area contributed by atoms with E-state index < -0.39 is 21.7 Å². The van der Waals surface area contributed by atoms with Gasteiger partial charge in [0.15, 0.2) is 9.90 Å². The molecule has 9 heteroatoms. The predicted molar refractivity (Wildman–Crippen MR) is 72.3 cm³/mol. The van der Waals surface area contributed by atoms with Gasteiger partial charge in [0, 0.05) is 11.4 Å². The lowest BCUT2D eigenvalue weighted by Gasteiger charge is -2.04. The van der Waals surface area contributed by atoms with Crippen LogP contribution in [0.25, 0.3) is 0 Å². The van der Waals surface area contributed by atoms with Crippen molar-refractivity contribution in [2.75, 3.05) is 6.54 Å². The highest BCUT2D eigenvalue weighted by Crippen LogP contribution is 2.19. The Hall–Kier alpha value is -1.29. The fourth-order valence-corrected chi connectivity index (χ4v) is 4.32. The first kappa shape index (κ1) is 14.1. The van der Waals surface area contributed by atoms with E-state index in [4.69, 9.17) is 5.11 Å². The SMILES string of the molecule is O=C(O)c1ncsc1S(=O)(=O)NCCc1cccs1. The monoisotopic (exact) mass is 318 g/mol. The van der Waals surface area contributed by atoms with Crippen LogP contribution >= 0.6 is 22.7 Å². The second-order valence-corrected chi connectivity index (χ2v) is 7.37. The lowest BCUT2D eigenvalue weighted by Crippen LogP contribution is -2.26. The average Bonchev–Trinajstić information content (AvgIpc) is 2.99. The summed E-state index contributed by atoms with van der Waals surface area (Å²) in [6.07, 6.45) is 0.568. The van der Waals surface area contributed by atoms with Crippen LogP contribution in [0.3, 0.4) is 0 Å². The maximum absolute atomic E-state index is 11.9. The summed E-state index contributed by atoms with van der Waals surface area (Å²) in [5, 5.41) is 10.8. The van der Waals surface area contributed by atoms with Crippen LogP contribution < -0.4 is 4.72 Å². The van der Waals surface area contributed by atoms with Gasteiger partial charge in [-0.05, 0) is 17.9 Å². The van der Waals surface area contributed by atoms with Gasteiger partial charge in [0.25, 0.3) is 10.0 Å². The van der Waals surface area contributed by atoms with Gasteiger partial charge in [-0.2, -0.15) is 0 Å². The van der Waals surface area contributed by atoms with Crippen molar-refractivity contribution < 1.29 is 18.3 Å². The number of hydrogen-bond donors (Lipinski definition) is 2. The molecule has 2 rings (SSSR count). The van der Waals surface area contributed by atoms with E-state index in [9.17, 15) is 13.2 Å². The Balaban J connectivity index is 2.06. The van der Waals surface area contributed by atoms with Gasteiger partial charge < -0.3 is 5.11 Å². The normalized spacial score (nSPS) is 11.6. The third-order valence-electron chi connectivity index (χ3n) is 2.23. The Morgan fingerprint density at radius 3 is 2.84 bits per heavy atom. The van der Waals surface area contributed by atoms with Crippen molar-refractivity contribution in [1.82, 2.24) is 9.71 Å². The van der Waals surface area contributed by atoms with Crippen LogP contribution in [-0.2, 0) is 16.4 Å². The molecule has 0 aliphatic carbocycles. The molecule has 0 spiro atoms. The minimum absolute atomic E-state index is 0.222. The van der Waals surface area contributed by atoms with Crippen molar-refractivity contribution in [1.29, 1.82) is 0 Å². The third kappa shape index (κ3) is 3.38. The van der Waals surface area contributed by atoms with Gasteiger partial charge in [0.05, 0.1) is 5.51 Å². The molecule has 0 unspecified atom stereocenters. The molecule has 6 nitrogen and oxygen atoms in total.